The molecule has 0 fully saturated rings. The lowest BCUT2D eigenvalue weighted by Crippen LogP contribution is -2.36. The summed E-state index contributed by atoms with van der Waals surface area (Å²) < 4.78 is 0. The van der Waals surface area contributed by atoms with E-state index in [1.807, 2.05) is 13.8 Å². The minimum Gasteiger partial charge on any atom is -0.385 e. The summed E-state index contributed by atoms with van der Waals surface area (Å²) in [6.07, 6.45) is 0. The lowest BCUT2D eigenvalue weighted by Gasteiger charge is -2.08. The van der Waals surface area contributed by atoms with Crippen molar-refractivity contribution >= 4 is 28.5 Å². The van der Waals surface area contributed by atoms with Crippen LogP contribution in [0.2, 0.25) is 5.02 Å². The smallest absolute Gasteiger partial charge is 0.260 e. The van der Waals surface area contributed by atoms with Gasteiger partial charge in [0.15, 0.2) is 6.61 Å². The number of nitrogens with zero attached hydrogens (tertiary/aromatic N) is 3. The zero-order valence-corrected chi connectivity index (χ0v) is 10.8. The number of carbonyl (C=O) groups excluding carboxylic acids is 1. The van der Waals surface area contributed by atoms with Crippen LogP contribution in [0.5, 0.6) is 0 Å². The van der Waals surface area contributed by atoms with E-state index in [9.17, 15) is 4.79 Å². The molecule has 0 spiro atoms. The highest BCUT2D eigenvalue weighted by Gasteiger charge is 2.09. The maximum atomic E-state index is 11.4. The van der Waals surface area contributed by atoms with E-state index in [1.54, 1.807) is 18.2 Å². The molecule has 2 aromatic rings. The molecular formula is C11H13ClN4O2. The Morgan fingerprint density at radius 3 is 3.06 bits per heavy atom. The molecule has 96 valence electrons. The van der Waals surface area contributed by atoms with Crippen molar-refractivity contribution in [3.8, 4) is 0 Å². The minimum absolute atomic E-state index is 0.0723. The first kappa shape index (κ1) is 12.6. The molecule has 0 saturated carbocycles. The van der Waals surface area contributed by atoms with Gasteiger partial charge in [-0.25, -0.2) is 0 Å². The van der Waals surface area contributed by atoms with Gasteiger partial charge in [0.25, 0.3) is 5.91 Å². The Balaban J connectivity index is 2.08. The van der Waals surface area contributed by atoms with E-state index in [1.165, 1.54) is 4.85 Å². The van der Waals surface area contributed by atoms with E-state index in [0.717, 1.165) is 0 Å². The minimum atomic E-state index is -0.212. The summed E-state index contributed by atoms with van der Waals surface area (Å²) in [5.74, 6) is -0.212. The van der Waals surface area contributed by atoms with Gasteiger partial charge in [-0.15, -0.1) is 5.10 Å². The van der Waals surface area contributed by atoms with Crippen LogP contribution in [0.3, 0.4) is 0 Å². The molecule has 0 unspecified atom stereocenters. The second-order valence-corrected chi connectivity index (χ2v) is 4.53. The Morgan fingerprint density at radius 2 is 2.33 bits per heavy atom. The molecule has 0 atom stereocenters. The highest BCUT2D eigenvalue weighted by atomic mass is 35.5. The Morgan fingerprint density at radius 1 is 1.56 bits per heavy atom. The van der Waals surface area contributed by atoms with Crippen LogP contribution in [0.4, 0.5) is 0 Å². The van der Waals surface area contributed by atoms with Gasteiger partial charge in [0, 0.05) is 11.1 Å². The monoisotopic (exact) mass is 268 g/mol. The zero-order valence-electron chi connectivity index (χ0n) is 10.1. The topological polar surface area (TPSA) is 69.0 Å². The molecule has 7 heteroatoms. The van der Waals surface area contributed by atoms with Crippen molar-refractivity contribution in [1.29, 1.82) is 0 Å². The van der Waals surface area contributed by atoms with E-state index in [2.05, 4.69) is 15.6 Å². The number of hydrogen-bond donors (Lipinski definition) is 1. The molecule has 1 aromatic carbocycles. The van der Waals surface area contributed by atoms with Crippen LogP contribution in [0.25, 0.3) is 11.0 Å². The van der Waals surface area contributed by atoms with Crippen LogP contribution in [0.15, 0.2) is 18.2 Å². The highest BCUT2D eigenvalue weighted by Crippen LogP contribution is 2.16. The van der Waals surface area contributed by atoms with E-state index in [0.29, 0.717) is 16.1 Å². The van der Waals surface area contributed by atoms with Gasteiger partial charge < -0.3 is 10.2 Å². The average Bonchev–Trinajstić information content (AvgIpc) is 2.68. The predicted molar refractivity (Wildman–Crippen MR) is 67.3 cm³/mol. The van der Waals surface area contributed by atoms with Crippen molar-refractivity contribution in [2.45, 2.75) is 19.9 Å². The third kappa shape index (κ3) is 2.89. The summed E-state index contributed by atoms with van der Waals surface area (Å²) >= 11 is 5.88. The number of amides is 1. The molecule has 0 aliphatic carbocycles. The van der Waals surface area contributed by atoms with Crippen molar-refractivity contribution in [3.63, 3.8) is 0 Å². The van der Waals surface area contributed by atoms with Crippen molar-refractivity contribution < 1.29 is 9.63 Å². The van der Waals surface area contributed by atoms with Gasteiger partial charge in [-0.05, 0) is 37.3 Å². The number of hydrogen-bond acceptors (Lipinski definition) is 4. The first-order valence-corrected chi connectivity index (χ1v) is 5.87. The summed E-state index contributed by atoms with van der Waals surface area (Å²) in [4.78, 5) is 17.9. The van der Waals surface area contributed by atoms with Crippen molar-refractivity contribution in [3.05, 3.63) is 23.2 Å². The lowest BCUT2D eigenvalue weighted by atomic mass is 10.3. The molecule has 1 N–H and O–H groups in total. The normalized spacial score (nSPS) is 10.9. The van der Waals surface area contributed by atoms with Crippen LogP contribution in [0, 0.1) is 0 Å². The van der Waals surface area contributed by atoms with Gasteiger partial charge in [0.1, 0.15) is 11.0 Å². The van der Waals surface area contributed by atoms with Crippen LogP contribution in [-0.4, -0.2) is 33.7 Å². The Kier molecular flexibility index (Phi) is 3.66. The number of rotatable bonds is 4. The van der Waals surface area contributed by atoms with Crippen LogP contribution in [-0.2, 0) is 4.79 Å². The summed E-state index contributed by atoms with van der Waals surface area (Å²) in [6, 6.07) is 5.20. The van der Waals surface area contributed by atoms with Crippen molar-refractivity contribution in [1.82, 2.24) is 20.5 Å². The number of carbonyl (C=O) groups is 1. The standard InChI is InChI=1S/C11H13ClN4O2/c1-7(2)13-11(17)6-18-16-10-5-8(12)3-4-9(10)14-15-16/h3-5,7H,6H2,1-2H3,(H,13,17). The van der Waals surface area contributed by atoms with Gasteiger partial charge >= 0.3 is 0 Å². The molecule has 0 saturated heterocycles. The van der Waals surface area contributed by atoms with Crippen LogP contribution >= 0.6 is 11.6 Å². The van der Waals surface area contributed by atoms with Gasteiger partial charge in [-0.2, -0.15) is 0 Å². The zero-order chi connectivity index (χ0) is 13.1. The fourth-order valence-electron chi connectivity index (χ4n) is 1.45. The molecule has 0 aliphatic heterocycles. The maximum Gasteiger partial charge on any atom is 0.260 e. The van der Waals surface area contributed by atoms with Crippen molar-refractivity contribution in [2.75, 3.05) is 6.61 Å². The predicted octanol–water partition coefficient (Wildman–Crippen LogP) is 1.04. The molecule has 18 heavy (non-hydrogen) atoms. The largest absolute Gasteiger partial charge is 0.385 e. The Bertz CT molecular complexity index is 567. The molecule has 0 aliphatic rings. The summed E-state index contributed by atoms with van der Waals surface area (Å²) in [6.45, 7) is 3.63. The Hall–Kier alpha value is -1.82. The molecule has 1 aromatic heterocycles. The fraction of sp³-hybridized carbons (Fsp3) is 0.364. The third-order valence-electron chi connectivity index (χ3n) is 2.14. The molecule has 0 bridgehead atoms. The van der Waals surface area contributed by atoms with Crippen LogP contribution < -0.4 is 10.2 Å². The van der Waals surface area contributed by atoms with E-state index in [4.69, 9.17) is 16.4 Å². The van der Waals surface area contributed by atoms with Gasteiger partial charge in [0.2, 0.25) is 0 Å². The molecule has 1 heterocycles. The maximum absolute atomic E-state index is 11.4. The summed E-state index contributed by atoms with van der Waals surface area (Å²) in [7, 11) is 0. The second-order valence-electron chi connectivity index (χ2n) is 4.09. The Labute approximate surface area is 109 Å². The van der Waals surface area contributed by atoms with E-state index in [-0.39, 0.29) is 18.6 Å². The van der Waals surface area contributed by atoms with Gasteiger partial charge in [-0.3, -0.25) is 4.79 Å². The molecule has 2 rings (SSSR count). The number of benzene rings is 1. The third-order valence-corrected chi connectivity index (χ3v) is 2.38. The van der Waals surface area contributed by atoms with Crippen molar-refractivity contribution in [2.24, 2.45) is 0 Å². The van der Waals surface area contributed by atoms with Gasteiger partial charge in [0.05, 0.1) is 0 Å². The fourth-order valence-corrected chi connectivity index (χ4v) is 1.62. The molecule has 1 amide bonds. The number of nitrogens with one attached hydrogen (secondary N) is 1. The highest BCUT2D eigenvalue weighted by molar-refractivity contribution is 6.31. The number of aromatic nitrogens is 3. The molecular weight excluding hydrogens is 256 g/mol. The average molecular weight is 269 g/mol. The van der Waals surface area contributed by atoms with E-state index >= 15 is 0 Å². The SMILES string of the molecule is CC(C)NC(=O)COn1nnc2ccc(Cl)cc21. The van der Waals surface area contributed by atoms with E-state index < -0.39 is 0 Å². The quantitative estimate of drug-likeness (QED) is 0.899. The van der Waals surface area contributed by atoms with Gasteiger partial charge in [-0.1, -0.05) is 16.4 Å². The lowest BCUT2D eigenvalue weighted by molar-refractivity contribution is -0.126. The summed E-state index contributed by atoms with van der Waals surface area (Å²) in [5.41, 5.74) is 1.28. The van der Waals surface area contributed by atoms with Crippen LogP contribution in [0.1, 0.15) is 13.8 Å². The second kappa shape index (κ2) is 5.22. The first-order chi connectivity index (χ1) is 8.56. The molecule has 6 nitrogen and oxygen atoms in total. The first-order valence-electron chi connectivity index (χ1n) is 5.50. The summed E-state index contributed by atoms with van der Waals surface area (Å²) in [5, 5.41) is 11.0. The molecule has 0 radical (unpaired) electrons. The number of halogens is 1. The number of fused-ring (bicyclic) bond motifs is 1.